The molecule has 2 aliphatic rings. The normalized spacial score (nSPS) is 24.0. The summed E-state index contributed by atoms with van der Waals surface area (Å²) in [4.78, 5) is 14.0. The number of likely N-dealkylation sites (tertiary alicyclic amines) is 1. The summed E-state index contributed by atoms with van der Waals surface area (Å²) < 4.78 is 60.3. The van der Waals surface area contributed by atoms with Crippen molar-refractivity contribution >= 4 is 16.1 Å². The van der Waals surface area contributed by atoms with Gasteiger partial charge in [0.25, 0.3) is 0 Å². The molecule has 0 aromatic heterocycles. The van der Waals surface area contributed by atoms with E-state index in [-0.39, 0.29) is 17.5 Å². The van der Waals surface area contributed by atoms with E-state index in [9.17, 15) is 22.0 Å². The monoisotopic (exact) mass is 430 g/mol. The minimum atomic E-state index is -4.02. The molecule has 1 aromatic carbocycles. The van der Waals surface area contributed by atoms with Crippen LogP contribution in [0.15, 0.2) is 23.1 Å². The van der Waals surface area contributed by atoms with Gasteiger partial charge in [0.05, 0.1) is 10.9 Å². The number of piperidine rings is 1. The summed E-state index contributed by atoms with van der Waals surface area (Å²) in [5.41, 5.74) is -0.645. The second kappa shape index (κ2) is 8.18. The summed E-state index contributed by atoms with van der Waals surface area (Å²) in [6.45, 7) is 6.16. The Morgan fingerprint density at radius 1 is 1.03 bits per heavy atom. The van der Waals surface area contributed by atoms with Crippen LogP contribution in [0.1, 0.15) is 52.9 Å². The van der Waals surface area contributed by atoms with Crippen LogP contribution >= 0.6 is 0 Å². The first kappa shape index (κ1) is 22.0. The predicted molar refractivity (Wildman–Crippen MR) is 104 cm³/mol. The van der Waals surface area contributed by atoms with E-state index in [1.807, 2.05) is 0 Å². The molecule has 2 atom stereocenters. The third kappa shape index (κ3) is 4.71. The molecule has 1 amide bonds. The van der Waals surface area contributed by atoms with E-state index in [0.717, 1.165) is 31.0 Å². The number of amides is 1. The molecule has 0 unspecified atom stereocenters. The minimum Gasteiger partial charge on any atom is -0.444 e. The van der Waals surface area contributed by atoms with Gasteiger partial charge in [0, 0.05) is 19.1 Å². The summed E-state index contributed by atoms with van der Waals surface area (Å²) in [6, 6.07) is 1.90. The van der Waals surface area contributed by atoms with E-state index >= 15 is 0 Å². The third-order valence-corrected chi connectivity index (χ3v) is 7.29. The van der Waals surface area contributed by atoms with Crippen LogP contribution in [0.25, 0.3) is 0 Å². The summed E-state index contributed by atoms with van der Waals surface area (Å²) in [6.07, 6.45) is 3.11. The Hall–Kier alpha value is -1.74. The number of hydrogen-bond donors (Lipinski definition) is 0. The molecular weight excluding hydrogens is 402 g/mol. The van der Waals surface area contributed by atoms with Crippen molar-refractivity contribution in [3.8, 4) is 0 Å². The maximum atomic E-state index is 13.7. The summed E-state index contributed by atoms with van der Waals surface area (Å²) in [7, 11) is -4.02. The fourth-order valence-corrected chi connectivity index (χ4v) is 5.86. The largest absolute Gasteiger partial charge is 0.444 e. The van der Waals surface area contributed by atoms with Gasteiger partial charge in [-0.25, -0.2) is 22.0 Å². The number of benzene rings is 1. The Balaban J connectivity index is 1.89. The highest BCUT2D eigenvalue weighted by Gasteiger charge is 2.44. The molecule has 2 fully saturated rings. The van der Waals surface area contributed by atoms with Gasteiger partial charge in [-0.05, 0) is 64.7 Å². The molecule has 29 heavy (non-hydrogen) atoms. The molecule has 9 heteroatoms. The van der Waals surface area contributed by atoms with E-state index in [1.165, 1.54) is 4.31 Å². The van der Waals surface area contributed by atoms with E-state index in [2.05, 4.69) is 0 Å². The van der Waals surface area contributed by atoms with E-state index in [0.29, 0.717) is 25.8 Å². The smallest absolute Gasteiger partial charge is 0.410 e. The second-order valence-corrected chi connectivity index (χ2v) is 10.5. The molecule has 2 heterocycles. The van der Waals surface area contributed by atoms with E-state index in [1.54, 1.807) is 25.7 Å². The summed E-state index contributed by atoms with van der Waals surface area (Å²) in [5, 5.41) is 0. The Morgan fingerprint density at radius 2 is 1.72 bits per heavy atom. The van der Waals surface area contributed by atoms with Crippen molar-refractivity contribution in [3.05, 3.63) is 29.8 Å². The zero-order valence-electron chi connectivity index (χ0n) is 17.0. The lowest BCUT2D eigenvalue weighted by Crippen LogP contribution is -2.55. The molecule has 3 rings (SSSR count). The number of halogens is 2. The zero-order chi connectivity index (χ0) is 21.4. The Morgan fingerprint density at radius 3 is 2.38 bits per heavy atom. The molecule has 0 radical (unpaired) electrons. The number of carbonyl (C=O) groups is 1. The minimum absolute atomic E-state index is 0.273. The third-order valence-electron chi connectivity index (χ3n) is 5.37. The molecule has 2 aliphatic heterocycles. The number of ether oxygens (including phenoxy) is 1. The van der Waals surface area contributed by atoms with Gasteiger partial charge in [-0.2, -0.15) is 4.31 Å². The van der Waals surface area contributed by atoms with Gasteiger partial charge in [-0.1, -0.05) is 6.42 Å². The fraction of sp³-hybridized carbons (Fsp3) is 0.650. The first-order valence-corrected chi connectivity index (χ1v) is 11.4. The predicted octanol–water partition coefficient (Wildman–Crippen LogP) is 3.91. The summed E-state index contributed by atoms with van der Waals surface area (Å²) in [5.74, 6) is -2.29. The maximum Gasteiger partial charge on any atom is 0.410 e. The molecule has 0 N–H and O–H groups in total. The molecule has 6 nitrogen and oxygen atoms in total. The Labute approximate surface area is 170 Å². The first-order valence-electron chi connectivity index (χ1n) is 9.97. The number of nitrogens with zero attached hydrogens (tertiary/aromatic N) is 2. The molecule has 0 bridgehead atoms. The lowest BCUT2D eigenvalue weighted by molar-refractivity contribution is 0.0145. The average molecular weight is 431 g/mol. The average Bonchev–Trinajstić information content (AvgIpc) is 3.12. The van der Waals surface area contributed by atoms with Crippen LogP contribution < -0.4 is 0 Å². The van der Waals surface area contributed by atoms with Crippen molar-refractivity contribution in [2.45, 2.75) is 75.5 Å². The number of carbonyl (C=O) groups excluding carboxylic acids is 1. The van der Waals surface area contributed by atoms with Gasteiger partial charge < -0.3 is 9.64 Å². The molecule has 0 spiro atoms. The zero-order valence-corrected chi connectivity index (χ0v) is 17.8. The highest BCUT2D eigenvalue weighted by Crippen LogP contribution is 2.34. The van der Waals surface area contributed by atoms with Crippen LogP contribution in [-0.2, 0) is 14.8 Å². The second-order valence-electron chi connectivity index (χ2n) is 8.64. The lowest BCUT2D eigenvalue weighted by Gasteiger charge is -2.41. The van der Waals surface area contributed by atoms with Crippen LogP contribution in [-0.4, -0.2) is 54.5 Å². The van der Waals surface area contributed by atoms with Gasteiger partial charge in [0.2, 0.25) is 10.0 Å². The van der Waals surface area contributed by atoms with E-state index in [4.69, 9.17) is 4.74 Å². The summed E-state index contributed by atoms with van der Waals surface area (Å²) >= 11 is 0. The quantitative estimate of drug-likeness (QED) is 0.729. The number of rotatable bonds is 3. The SMILES string of the molecule is CC(C)(C)OC(=O)N1CCC[C@@H]1[C@H]1CCCCN1S(=O)(=O)c1ccc(F)c(F)c1. The first-order chi connectivity index (χ1) is 13.5. The highest BCUT2D eigenvalue weighted by molar-refractivity contribution is 7.89. The van der Waals surface area contributed by atoms with E-state index < -0.39 is 39.4 Å². The Bertz CT molecular complexity index is 870. The van der Waals surface area contributed by atoms with Crippen molar-refractivity contribution in [2.75, 3.05) is 13.1 Å². The fourth-order valence-electron chi connectivity index (χ4n) is 4.13. The van der Waals surface area contributed by atoms with Crippen LogP contribution in [0.5, 0.6) is 0 Å². The van der Waals surface area contributed by atoms with Gasteiger partial charge in [0.15, 0.2) is 11.6 Å². The highest BCUT2D eigenvalue weighted by atomic mass is 32.2. The van der Waals surface area contributed by atoms with Crippen LogP contribution in [0.2, 0.25) is 0 Å². The van der Waals surface area contributed by atoms with Crippen molar-refractivity contribution < 1.29 is 26.7 Å². The standard InChI is InChI=1S/C20H28F2N2O4S/c1-20(2,3)28-19(25)23-11-6-8-17(23)18-7-4-5-12-24(18)29(26,27)14-9-10-15(21)16(22)13-14/h9-10,13,17-18H,4-8,11-12H2,1-3H3/t17-,18-/m1/s1. The van der Waals surface area contributed by atoms with Gasteiger partial charge in [-0.3, -0.25) is 0 Å². The van der Waals surface area contributed by atoms with Gasteiger partial charge >= 0.3 is 6.09 Å². The van der Waals surface area contributed by atoms with Crippen molar-refractivity contribution in [1.29, 1.82) is 0 Å². The topological polar surface area (TPSA) is 66.9 Å². The maximum absolute atomic E-state index is 13.7. The van der Waals surface area contributed by atoms with Crippen molar-refractivity contribution in [1.82, 2.24) is 9.21 Å². The van der Waals surface area contributed by atoms with Crippen LogP contribution in [0, 0.1) is 11.6 Å². The number of sulfonamides is 1. The molecule has 162 valence electrons. The van der Waals surface area contributed by atoms with Crippen LogP contribution in [0.3, 0.4) is 0 Å². The van der Waals surface area contributed by atoms with Gasteiger partial charge in [0.1, 0.15) is 5.60 Å². The Kier molecular flexibility index (Phi) is 6.19. The van der Waals surface area contributed by atoms with Crippen molar-refractivity contribution in [3.63, 3.8) is 0 Å². The van der Waals surface area contributed by atoms with Gasteiger partial charge in [-0.15, -0.1) is 0 Å². The van der Waals surface area contributed by atoms with Crippen molar-refractivity contribution in [2.24, 2.45) is 0 Å². The molecule has 0 aliphatic carbocycles. The molecular formula is C20H28F2N2O4S. The molecule has 1 aromatic rings. The molecule has 0 saturated carbocycles. The molecule has 2 saturated heterocycles. The van der Waals surface area contributed by atoms with Crippen LogP contribution in [0.4, 0.5) is 13.6 Å². The number of hydrogen-bond acceptors (Lipinski definition) is 4. The lowest BCUT2D eigenvalue weighted by atomic mass is 9.96.